The van der Waals surface area contributed by atoms with E-state index in [4.69, 9.17) is 14.7 Å². The second kappa shape index (κ2) is 21.0. The monoisotopic (exact) mass is 443 g/mol. The van der Waals surface area contributed by atoms with Crippen LogP contribution < -0.4 is 0 Å². The Morgan fingerprint density at radius 2 is 1.34 bits per heavy atom. The Hall–Kier alpha value is -1.86. The lowest BCUT2D eigenvalue weighted by atomic mass is 10.0. The molecule has 4 heteroatoms. The van der Waals surface area contributed by atoms with Crippen molar-refractivity contribution in [3.8, 4) is 6.07 Å². The summed E-state index contributed by atoms with van der Waals surface area (Å²) < 4.78 is 11.1. The van der Waals surface area contributed by atoms with Crippen LogP contribution in [0.4, 0.5) is 0 Å². The summed E-state index contributed by atoms with van der Waals surface area (Å²) in [6.45, 7) is 3.68. The molecular formula is C28H45NO3. The van der Waals surface area contributed by atoms with Gasteiger partial charge in [-0.1, -0.05) is 109 Å². The maximum Gasteiger partial charge on any atom is 0.338 e. The number of carbonyl (C=O) groups excluding carboxylic acids is 1. The molecular weight excluding hydrogens is 398 g/mol. The zero-order valence-electron chi connectivity index (χ0n) is 20.4. The van der Waals surface area contributed by atoms with Crippen molar-refractivity contribution in [1.82, 2.24) is 0 Å². The highest BCUT2D eigenvalue weighted by molar-refractivity contribution is 5.89. The lowest BCUT2D eigenvalue weighted by molar-refractivity contribution is 0.0290. The minimum Gasteiger partial charge on any atom is -0.462 e. The predicted molar refractivity (Wildman–Crippen MR) is 132 cm³/mol. The number of nitriles is 1. The molecule has 0 aliphatic heterocycles. The third kappa shape index (κ3) is 15.9. The summed E-state index contributed by atoms with van der Waals surface area (Å²) in [5, 5.41) is 9.01. The largest absolute Gasteiger partial charge is 0.462 e. The van der Waals surface area contributed by atoms with Crippen LogP contribution in [0.2, 0.25) is 0 Å². The van der Waals surface area contributed by atoms with Crippen molar-refractivity contribution in [2.24, 2.45) is 5.92 Å². The third-order valence-electron chi connectivity index (χ3n) is 5.84. The summed E-state index contributed by atoms with van der Waals surface area (Å²) in [4.78, 5) is 12.0. The molecule has 0 saturated heterocycles. The number of hydrogen-bond acceptors (Lipinski definition) is 4. The van der Waals surface area contributed by atoms with E-state index in [0.29, 0.717) is 25.2 Å². The highest BCUT2D eigenvalue weighted by Gasteiger charge is 2.13. The van der Waals surface area contributed by atoms with Gasteiger partial charge in [0.2, 0.25) is 0 Å². The van der Waals surface area contributed by atoms with Gasteiger partial charge in [0.15, 0.2) is 0 Å². The molecule has 0 aliphatic rings. The van der Waals surface area contributed by atoms with Crippen LogP contribution in [0.15, 0.2) is 30.3 Å². The third-order valence-corrected chi connectivity index (χ3v) is 5.84. The summed E-state index contributed by atoms with van der Waals surface area (Å²) in [6.07, 6.45) is 19.1. The molecule has 0 aromatic heterocycles. The second-order valence-electron chi connectivity index (χ2n) is 8.86. The van der Waals surface area contributed by atoms with Crippen molar-refractivity contribution in [3.05, 3.63) is 35.9 Å². The van der Waals surface area contributed by atoms with Crippen LogP contribution in [0.5, 0.6) is 0 Å². The zero-order valence-corrected chi connectivity index (χ0v) is 20.4. The van der Waals surface area contributed by atoms with Gasteiger partial charge in [-0.05, 0) is 18.6 Å². The molecule has 0 amide bonds. The van der Waals surface area contributed by atoms with E-state index < -0.39 is 0 Å². The van der Waals surface area contributed by atoms with Crippen LogP contribution in [-0.2, 0) is 9.47 Å². The number of hydrogen-bond donors (Lipinski definition) is 0. The predicted octanol–water partition coefficient (Wildman–Crippen LogP) is 7.87. The average molecular weight is 444 g/mol. The van der Waals surface area contributed by atoms with Crippen molar-refractivity contribution < 1.29 is 14.3 Å². The molecule has 0 aliphatic carbocycles. The van der Waals surface area contributed by atoms with Gasteiger partial charge < -0.3 is 9.47 Å². The van der Waals surface area contributed by atoms with E-state index in [1.807, 2.05) is 18.2 Å². The molecule has 0 radical (unpaired) electrons. The van der Waals surface area contributed by atoms with Crippen LogP contribution in [0.3, 0.4) is 0 Å². The van der Waals surface area contributed by atoms with E-state index in [9.17, 15) is 4.79 Å². The summed E-state index contributed by atoms with van der Waals surface area (Å²) in [6, 6.07) is 11.1. The fraction of sp³-hybridized carbons (Fsp3) is 0.714. The smallest absolute Gasteiger partial charge is 0.338 e. The number of unbranched alkanes of at least 4 members (excludes halogenated alkanes) is 13. The number of rotatable bonds is 21. The number of carbonyl (C=O) groups is 1. The minimum absolute atomic E-state index is 0.0701. The molecule has 1 atom stereocenters. The topological polar surface area (TPSA) is 59.3 Å². The molecule has 0 saturated carbocycles. The maximum atomic E-state index is 12.0. The Morgan fingerprint density at radius 1 is 0.812 bits per heavy atom. The molecule has 0 N–H and O–H groups in total. The van der Waals surface area contributed by atoms with Gasteiger partial charge in [0.1, 0.15) is 0 Å². The fourth-order valence-electron chi connectivity index (χ4n) is 3.79. The standard InChI is InChI=1S/C28H45NO3/c1-2-3-4-5-6-7-8-9-10-11-12-13-14-18-23-31-24-26(21-22-29)25-32-28(30)27-19-16-15-17-20-27/h15-17,19-20,26H,2-14,18,21,23-25H2,1H3. The van der Waals surface area contributed by atoms with E-state index in [1.165, 1.54) is 83.5 Å². The van der Waals surface area contributed by atoms with Gasteiger partial charge in [0.05, 0.1) is 24.8 Å². The van der Waals surface area contributed by atoms with Crippen LogP contribution in [0, 0.1) is 17.2 Å². The van der Waals surface area contributed by atoms with E-state index in [0.717, 1.165) is 6.42 Å². The van der Waals surface area contributed by atoms with Crippen LogP contribution >= 0.6 is 0 Å². The van der Waals surface area contributed by atoms with Crippen molar-refractivity contribution in [2.75, 3.05) is 19.8 Å². The normalized spacial score (nSPS) is 11.8. The van der Waals surface area contributed by atoms with E-state index in [-0.39, 0.29) is 18.5 Å². The average Bonchev–Trinajstić information content (AvgIpc) is 2.82. The molecule has 0 heterocycles. The van der Waals surface area contributed by atoms with Crippen molar-refractivity contribution >= 4 is 5.97 Å². The Labute approximate surface area is 196 Å². The van der Waals surface area contributed by atoms with Gasteiger partial charge in [-0.2, -0.15) is 5.26 Å². The first-order valence-corrected chi connectivity index (χ1v) is 12.9. The van der Waals surface area contributed by atoms with Gasteiger partial charge in [-0.25, -0.2) is 4.79 Å². The first-order chi connectivity index (χ1) is 15.8. The molecule has 0 spiro atoms. The number of nitrogens with zero attached hydrogens (tertiary/aromatic N) is 1. The maximum absolute atomic E-state index is 12.0. The molecule has 180 valence electrons. The molecule has 1 aromatic rings. The Bertz CT molecular complexity index is 596. The SMILES string of the molecule is CCCCCCCCCCCCCCCCOCC(CC#N)COC(=O)c1ccccc1. The van der Waals surface area contributed by atoms with Crippen molar-refractivity contribution in [3.63, 3.8) is 0 Å². The number of esters is 1. The van der Waals surface area contributed by atoms with Gasteiger partial charge in [-0.15, -0.1) is 0 Å². The summed E-state index contributed by atoms with van der Waals surface area (Å²) >= 11 is 0. The van der Waals surface area contributed by atoms with Crippen LogP contribution in [-0.4, -0.2) is 25.8 Å². The molecule has 32 heavy (non-hydrogen) atoms. The molecule has 0 fully saturated rings. The molecule has 1 unspecified atom stereocenters. The van der Waals surface area contributed by atoms with Gasteiger partial charge >= 0.3 is 5.97 Å². The summed E-state index contributed by atoms with van der Waals surface area (Å²) in [7, 11) is 0. The number of ether oxygens (including phenoxy) is 2. The quantitative estimate of drug-likeness (QED) is 0.143. The van der Waals surface area contributed by atoms with Gasteiger partial charge in [-0.3, -0.25) is 0 Å². The lowest BCUT2D eigenvalue weighted by Gasteiger charge is -2.14. The molecule has 1 aromatic carbocycles. The van der Waals surface area contributed by atoms with E-state index in [2.05, 4.69) is 13.0 Å². The molecule has 1 rings (SSSR count). The van der Waals surface area contributed by atoms with Crippen molar-refractivity contribution in [2.45, 2.75) is 103 Å². The van der Waals surface area contributed by atoms with Crippen molar-refractivity contribution in [1.29, 1.82) is 5.26 Å². The van der Waals surface area contributed by atoms with Gasteiger partial charge in [0, 0.05) is 18.9 Å². The van der Waals surface area contributed by atoms with Crippen LogP contribution in [0.25, 0.3) is 0 Å². The highest BCUT2D eigenvalue weighted by Crippen LogP contribution is 2.13. The minimum atomic E-state index is -0.347. The Balaban J connectivity index is 1.93. The first kappa shape index (κ1) is 28.2. The fourth-order valence-corrected chi connectivity index (χ4v) is 3.79. The molecule has 0 bridgehead atoms. The molecule has 4 nitrogen and oxygen atoms in total. The van der Waals surface area contributed by atoms with Crippen LogP contribution in [0.1, 0.15) is 114 Å². The second-order valence-corrected chi connectivity index (χ2v) is 8.86. The van der Waals surface area contributed by atoms with E-state index >= 15 is 0 Å². The Morgan fingerprint density at radius 3 is 1.88 bits per heavy atom. The highest BCUT2D eigenvalue weighted by atomic mass is 16.5. The van der Waals surface area contributed by atoms with Gasteiger partial charge in [0.25, 0.3) is 0 Å². The van der Waals surface area contributed by atoms with E-state index in [1.54, 1.807) is 12.1 Å². The summed E-state index contributed by atoms with van der Waals surface area (Å²) in [5.74, 6) is -0.417. The first-order valence-electron chi connectivity index (χ1n) is 12.9. The lowest BCUT2D eigenvalue weighted by Crippen LogP contribution is -2.19. The zero-order chi connectivity index (χ0) is 23.1. The summed E-state index contributed by atoms with van der Waals surface area (Å²) in [5.41, 5.74) is 0.534. The number of benzene rings is 1. The Kier molecular flexibility index (Phi) is 18.5.